The van der Waals surface area contributed by atoms with Crippen LogP contribution in [-0.2, 0) is 5.41 Å². The Morgan fingerprint density at radius 3 is 2.50 bits per heavy atom. The van der Waals surface area contributed by atoms with Gasteiger partial charge in [-0.15, -0.1) is 0 Å². The van der Waals surface area contributed by atoms with E-state index in [1.165, 1.54) is 0 Å². The number of ether oxygens (including phenoxy) is 1. The van der Waals surface area contributed by atoms with Crippen LogP contribution in [0.15, 0.2) is 18.2 Å². The molecular formula is C11H15ClO2. The molecule has 0 aromatic heterocycles. The maximum atomic E-state index is 9.21. The third-order valence-electron chi connectivity index (χ3n) is 2.30. The topological polar surface area (TPSA) is 29.5 Å². The fourth-order valence-electron chi connectivity index (χ4n) is 1.26. The van der Waals surface area contributed by atoms with Crippen molar-refractivity contribution in [1.82, 2.24) is 0 Å². The summed E-state index contributed by atoms with van der Waals surface area (Å²) in [7, 11) is 1.60. The van der Waals surface area contributed by atoms with Gasteiger partial charge in [0.25, 0.3) is 0 Å². The lowest BCUT2D eigenvalue weighted by Gasteiger charge is -2.23. The molecule has 0 saturated carbocycles. The zero-order chi connectivity index (χ0) is 10.8. The van der Waals surface area contributed by atoms with Crippen molar-refractivity contribution in [2.45, 2.75) is 19.3 Å². The Labute approximate surface area is 89.5 Å². The van der Waals surface area contributed by atoms with E-state index in [1.807, 2.05) is 26.0 Å². The number of rotatable bonds is 3. The van der Waals surface area contributed by atoms with Gasteiger partial charge in [0.2, 0.25) is 0 Å². The first kappa shape index (κ1) is 11.3. The van der Waals surface area contributed by atoms with Crippen LogP contribution in [0.4, 0.5) is 0 Å². The molecule has 0 radical (unpaired) electrons. The van der Waals surface area contributed by atoms with Gasteiger partial charge in [0.1, 0.15) is 5.75 Å². The van der Waals surface area contributed by atoms with E-state index in [0.29, 0.717) is 5.02 Å². The van der Waals surface area contributed by atoms with Crippen LogP contribution in [0.3, 0.4) is 0 Å². The summed E-state index contributed by atoms with van der Waals surface area (Å²) in [5, 5.41) is 9.84. The Kier molecular flexibility index (Phi) is 3.40. The number of methoxy groups -OCH3 is 1. The average Bonchev–Trinajstić information content (AvgIpc) is 2.17. The zero-order valence-electron chi connectivity index (χ0n) is 8.67. The highest BCUT2D eigenvalue weighted by molar-refractivity contribution is 6.31. The van der Waals surface area contributed by atoms with Crippen LogP contribution >= 0.6 is 11.6 Å². The highest BCUT2D eigenvalue weighted by atomic mass is 35.5. The normalized spacial score (nSPS) is 11.5. The molecule has 0 amide bonds. The van der Waals surface area contributed by atoms with E-state index in [1.54, 1.807) is 13.2 Å². The quantitative estimate of drug-likeness (QED) is 0.838. The maximum Gasteiger partial charge on any atom is 0.120 e. The lowest BCUT2D eigenvalue weighted by molar-refractivity contribution is 0.218. The van der Waals surface area contributed by atoms with Gasteiger partial charge in [0, 0.05) is 10.4 Å². The van der Waals surface area contributed by atoms with Crippen molar-refractivity contribution in [1.29, 1.82) is 0 Å². The summed E-state index contributed by atoms with van der Waals surface area (Å²) in [6.45, 7) is 3.96. The van der Waals surface area contributed by atoms with Crippen LogP contribution in [0.25, 0.3) is 0 Å². The number of halogens is 1. The molecule has 14 heavy (non-hydrogen) atoms. The third-order valence-corrected chi connectivity index (χ3v) is 2.61. The van der Waals surface area contributed by atoms with Crippen molar-refractivity contribution in [2.75, 3.05) is 13.7 Å². The van der Waals surface area contributed by atoms with Gasteiger partial charge in [0.05, 0.1) is 13.7 Å². The molecule has 0 heterocycles. The van der Waals surface area contributed by atoms with Crippen molar-refractivity contribution in [2.24, 2.45) is 0 Å². The molecule has 0 spiro atoms. The van der Waals surface area contributed by atoms with E-state index in [-0.39, 0.29) is 12.0 Å². The van der Waals surface area contributed by atoms with E-state index >= 15 is 0 Å². The molecule has 1 N–H and O–H groups in total. The lowest BCUT2D eigenvalue weighted by atomic mass is 9.85. The molecular weight excluding hydrogens is 200 g/mol. The lowest BCUT2D eigenvalue weighted by Crippen LogP contribution is -2.22. The third kappa shape index (κ3) is 2.20. The summed E-state index contributed by atoms with van der Waals surface area (Å²) in [6, 6.07) is 5.49. The molecule has 78 valence electrons. The monoisotopic (exact) mass is 214 g/mol. The number of hydrogen-bond donors (Lipinski definition) is 1. The highest BCUT2D eigenvalue weighted by Crippen LogP contribution is 2.31. The summed E-state index contributed by atoms with van der Waals surface area (Å²) in [5.74, 6) is 0.729. The van der Waals surface area contributed by atoms with Crippen molar-refractivity contribution >= 4 is 11.6 Å². The van der Waals surface area contributed by atoms with Crippen LogP contribution in [0.2, 0.25) is 5.02 Å². The van der Waals surface area contributed by atoms with Crippen molar-refractivity contribution < 1.29 is 9.84 Å². The molecule has 1 aromatic carbocycles. The van der Waals surface area contributed by atoms with Gasteiger partial charge in [-0.3, -0.25) is 0 Å². The van der Waals surface area contributed by atoms with Gasteiger partial charge in [-0.05, 0) is 17.7 Å². The Balaban J connectivity index is 3.12. The maximum absolute atomic E-state index is 9.21. The Morgan fingerprint density at radius 2 is 2.07 bits per heavy atom. The van der Waals surface area contributed by atoms with E-state index in [9.17, 15) is 5.11 Å². The SMILES string of the molecule is COc1ccc(C(C)(C)CO)c(Cl)c1. The van der Waals surface area contributed by atoms with E-state index in [2.05, 4.69) is 0 Å². The molecule has 0 saturated heterocycles. The fraction of sp³-hybridized carbons (Fsp3) is 0.455. The minimum absolute atomic E-state index is 0.0685. The second-order valence-corrected chi connectivity index (χ2v) is 4.29. The highest BCUT2D eigenvalue weighted by Gasteiger charge is 2.22. The molecule has 3 heteroatoms. The predicted octanol–water partition coefficient (Wildman–Crippen LogP) is 2.62. The number of hydrogen-bond acceptors (Lipinski definition) is 2. The molecule has 1 rings (SSSR count). The van der Waals surface area contributed by atoms with Crippen molar-refractivity contribution in [3.63, 3.8) is 0 Å². The number of aliphatic hydroxyl groups excluding tert-OH is 1. The van der Waals surface area contributed by atoms with Crippen LogP contribution < -0.4 is 4.74 Å². The fourth-order valence-corrected chi connectivity index (χ4v) is 1.68. The van der Waals surface area contributed by atoms with Gasteiger partial charge >= 0.3 is 0 Å². The first-order valence-electron chi connectivity index (χ1n) is 4.46. The molecule has 1 aromatic rings. The predicted molar refractivity (Wildman–Crippen MR) is 58.1 cm³/mol. The molecule has 0 aliphatic heterocycles. The van der Waals surface area contributed by atoms with Gasteiger partial charge < -0.3 is 9.84 Å². The summed E-state index contributed by atoms with van der Waals surface area (Å²) in [4.78, 5) is 0. The van der Waals surface area contributed by atoms with Gasteiger partial charge in [-0.25, -0.2) is 0 Å². The molecule has 0 unspecified atom stereocenters. The number of benzene rings is 1. The summed E-state index contributed by atoms with van der Waals surface area (Å²) in [5.41, 5.74) is 0.617. The second-order valence-electron chi connectivity index (χ2n) is 3.89. The van der Waals surface area contributed by atoms with Crippen molar-refractivity contribution in [3.8, 4) is 5.75 Å². The Bertz CT molecular complexity index is 321. The van der Waals surface area contributed by atoms with Gasteiger partial charge in [-0.2, -0.15) is 0 Å². The summed E-state index contributed by atoms with van der Waals surface area (Å²) in [6.07, 6.45) is 0. The van der Waals surface area contributed by atoms with Gasteiger partial charge in [0.15, 0.2) is 0 Å². The molecule has 0 aliphatic rings. The van der Waals surface area contributed by atoms with Crippen LogP contribution in [0.5, 0.6) is 5.75 Å². The molecule has 0 aliphatic carbocycles. The minimum Gasteiger partial charge on any atom is -0.497 e. The van der Waals surface area contributed by atoms with E-state index in [0.717, 1.165) is 11.3 Å². The Hall–Kier alpha value is -0.730. The smallest absolute Gasteiger partial charge is 0.120 e. The van der Waals surface area contributed by atoms with Crippen LogP contribution in [0.1, 0.15) is 19.4 Å². The first-order valence-corrected chi connectivity index (χ1v) is 4.84. The van der Waals surface area contributed by atoms with Crippen LogP contribution in [-0.4, -0.2) is 18.8 Å². The molecule has 0 fully saturated rings. The summed E-state index contributed by atoms with van der Waals surface area (Å²) < 4.78 is 5.05. The molecule has 0 bridgehead atoms. The minimum atomic E-state index is -0.316. The average molecular weight is 215 g/mol. The Morgan fingerprint density at radius 1 is 1.43 bits per heavy atom. The largest absolute Gasteiger partial charge is 0.497 e. The first-order chi connectivity index (χ1) is 6.51. The van der Waals surface area contributed by atoms with Gasteiger partial charge in [-0.1, -0.05) is 31.5 Å². The molecule has 2 nitrogen and oxygen atoms in total. The van der Waals surface area contributed by atoms with E-state index < -0.39 is 0 Å². The summed E-state index contributed by atoms with van der Waals surface area (Å²) >= 11 is 6.08. The van der Waals surface area contributed by atoms with Crippen LogP contribution in [0, 0.1) is 0 Å². The standard InChI is InChI=1S/C11H15ClO2/c1-11(2,7-13)9-5-4-8(14-3)6-10(9)12/h4-6,13H,7H2,1-3H3. The van der Waals surface area contributed by atoms with Crippen molar-refractivity contribution in [3.05, 3.63) is 28.8 Å². The zero-order valence-corrected chi connectivity index (χ0v) is 9.43. The van der Waals surface area contributed by atoms with E-state index in [4.69, 9.17) is 16.3 Å². The second kappa shape index (κ2) is 4.20. The molecule has 0 atom stereocenters. The number of aliphatic hydroxyl groups is 1.